The molecule has 1 rings (SSSR count). The van der Waals surface area contributed by atoms with Crippen molar-refractivity contribution in [1.82, 2.24) is 0 Å². The van der Waals surface area contributed by atoms with Gasteiger partial charge in [0.15, 0.2) is 0 Å². The first-order chi connectivity index (χ1) is 6.79. The van der Waals surface area contributed by atoms with Crippen LogP contribution in [0, 0.1) is 0 Å². The van der Waals surface area contributed by atoms with Gasteiger partial charge in [-0.05, 0) is 13.8 Å². The largest absolute Gasteiger partial charge is 0.394 e. The van der Waals surface area contributed by atoms with Crippen LogP contribution in [0.5, 0.6) is 0 Å². The summed E-state index contributed by atoms with van der Waals surface area (Å²) in [6.45, 7) is 2.34. The molecule has 0 radical (unpaired) electrons. The van der Waals surface area contributed by atoms with Gasteiger partial charge in [-0.3, -0.25) is 0 Å². The van der Waals surface area contributed by atoms with Crippen LogP contribution >= 0.6 is 0 Å². The molecule has 6 heteroatoms. The maximum absolute atomic E-state index is 9.67. The van der Waals surface area contributed by atoms with Crippen LogP contribution in [0.2, 0.25) is 0 Å². The molecule has 90 valence electrons. The normalized spacial score (nSPS) is 43.0. The lowest BCUT2D eigenvalue weighted by Crippen LogP contribution is -2.63. The van der Waals surface area contributed by atoms with Crippen LogP contribution in [-0.2, 0) is 4.74 Å². The van der Waals surface area contributed by atoms with Crippen LogP contribution in [0.15, 0.2) is 0 Å². The Hall–Kier alpha value is -0.240. The quantitative estimate of drug-likeness (QED) is 0.356. The molecule has 0 saturated carbocycles. The molecule has 15 heavy (non-hydrogen) atoms. The van der Waals surface area contributed by atoms with Gasteiger partial charge in [0.1, 0.15) is 30.5 Å². The first-order valence-corrected chi connectivity index (χ1v) is 4.82. The summed E-state index contributed by atoms with van der Waals surface area (Å²) in [5, 5.41) is 47.0. The number of aliphatic hydroxyl groups excluding tert-OH is 4. The van der Waals surface area contributed by atoms with Crippen molar-refractivity contribution in [2.24, 2.45) is 0 Å². The lowest BCUT2D eigenvalue weighted by molar-refractivity contribution is -0.263. The van der Waals surface area contributed by atoms with Crippen LogP contribution in [0.4, 0.5) is 0 Å². The summed E-state index contributed by atoms with van der Waals surface area (Å²) in [5.41, 5.74) is -1.37. The van der Waals surface area contributed by atoms with Gasteiger partial charge in [0.2, 0.25) is 0 Å². The fraction of sp³-hybridized carbons (Fsp3) is 1.00. The average Bonchev–Trinajstić information content (AvgIpc) is 2.13. The Morgan fingerprint density at radius 1 is 1.07 bits per heavy atom. The minimum Gasteiger partial charge on any atom is -0.394 e. The molecule has 0 aromatic rings. The Bertz CT molecular complexity index is 211. The van der Waals surface area contributed by atoms with Gasteiger partial charge in [-0.2, -0.15) is 0 Å². The van der Waals surface area contributed by atoms with E-state index in [1.54, 1.807) is 0 Å². The van der Waals surface area contributed by atoms with Crippen LogP contribution in [0.1, 0.15) is 13.8 Å². The second kappa shape index (κ2) is 4.32. The standard InChI is InChI=1S/C9H18O6/c1-9(2,14)8-7(13)6(12)5(11)4(3-10)15-8/h4-8,10-14H,3H2,1-2H3/t4?,5-,6?,7?,8+/m0/s1. The summed E-state index contributed by atoms with van der Waals surface area (Å²) in [5.74, 6) is 0. The maximum atomic E-state index is 9.67. The molecule has 0 bridgehead atoms. The van der Waals surface area contributed by atoms with Crippen molar-refractivity contribution in [3.05, 3.63) is 0 Å². The summed E-state index contributed by atoms with van der Waals surface area (Å²) >= 11 is 0. The van der Waals surface area contributed by atoms with Crippen molar-refractivity contribution in [1.29, 1.82) is 0 Å². The molecule has 5 N–H and O–H groups in total. The molecule has 1 aliphatic rings. The molecule has 0 aromatic carbocycles. The van der Waals surface area contributed by atoms with Crippen molar-refractivity contribution < 1.29 is 30.3 Å². The first kappa shape index (κ1) is 12.8. The van der Waals surface area contributed by atoms with E-state index >= 15 is 0 Å². The van der Waals surface area contributed by atoms with Crippen molar-refractivity contribution in [3.63, 3.8) is 0 Å². The molecule has 5 atom stereocenters. The highest BCUT2D eigenvalue weighted by atomic mass is 16.6. The predicted molar refractivity (Wildman–Crippen MR) is 50.1 cm³/mol. The molecule has 0 aliphatic carbocycles. The molecule has 0 aromatic heterocycles. The lowest BCUT2D eigenvalue weighted by atomic mass is 9.87. The molecular weight excluding hydrogens is 204 g/mol. The third-order valence-electron chi connectivity index (χ3n) is 2.59. The predicted octanol–water partition coefficient (Wildman–Crippen LogP) is -2.40. The van der Waals surface area contributed by atoms with Crippen LogP contribution in [-0.4, -0.2) is 68.3 Å². The van der Waals surface area contributed by atoms with E-state index in [9.17, 15) is 20.4 Å². The Balaban J connectivity index is 2.83. The van der Waals surface area contributed by atoms with E-state index in [0.29, 0.717) is 0 Å². The fourth-order valence-corrected chi connectivity index (χ4v) is 1.69. The summed E-state index contributed by atoms with van der Waals surface area (Å²) in [4.78, 5) is 0. The Kier molecular flexibility index (Phi) is 3.70. The number of hydrogen-bond donors (Lipinski definition) is 5. The summed E-state index contributed by atoms with van der Waals surface area (Å²) in [7, 11) is 0. The van der Waals surface area contributed by atoms with Crippen molar-refractivity contribution in [2.45, 2.75) is 50.0 Å². The van der Waals surface area contributed by atoms with Crippen LogP contribution in [0.25, 0.3) is 0 Å². The highest BCUT2D eigenvalue weighted by molar-refractivity contribution is 4.97. The molecule has 0 spiro atoms. The van der Waals surface area contributed by atoms with Crippen molar-refractivity contribution in [2.75, 3.05) is 6.61 Å². The third-order valence-corrected chi connectivity index (χ3v) is 2.59. The molecule has 1 fully saturated rings. The minimum absolute atomic E-state index is 0.489. The van der Waals surface area contributed by atoms with E-state index in [1.165, 1.54) is 13.8 Å². The number of ether oxygens (including phenoxy) is 1. The zero-order chi connectivity index (χ0) is 11.8. The first-order valence-electron chi connectivity index (χ1n) is 4.82. The smallest absolute Gasteiger partial charge is 0.115 e. The molecular formula is C9H18O6. The molecule has 6 nitrogen and oxygen atoms in total. The van der Waals surface area contributed by atoms with Crippen molar-refractivity contribution >= 4 is 0 Å². The molecule has 1 heterocycles. The summed E-state index contributed by atoms with van der Waals surface area (Å²) in [6.07, 6.45) is -6.23. The number of rotatable bonds is 2. The van der Waals surface area contributed by atoms with E-state index in [1.807, 2.05) is 0 Å². The summed E-state index contributed by atoms with van der Waals surface area (Å²) in [6, 6.07) is 0. The third kappa shape index (κ3) is 2.47. The second-order valence-corrected chi connectivity index (χ2v) is 4.40. The SMILES string of the molecule is CC(C)(O)[C@@H]1OC(CO)[C@H](O)C(O)C1O. The fourth-order valence-electron chi connectivity index (χ4n) is 1.69. The summed E-state index contributed by atoms with van der Waals surface area (Å²) < 4.78 is 5.13. The minimum atomic E-state index is -1.44. The monoisotopic (exact) mass is 222 g/mol. The van der Waals surface area contributed by atoms with Crippen molar-refractivity contribution in [3.8, 4) is 0 Å². The molecule has 1 aliphatic heterocycles. The zero-order valence-corrected chi connectivity index (χ0v) is 8.74. The van der Waals surface area contributed by atoms with E-state index < -0.39 is 42.7 Å². The Morgan fingerprint density at radius 3 is 2.00 bits per heavy atom. The van der Waals surface area contributed by atoms with Gasteiger partial charge in [-0.15, -0.1) is 0 Å². The number of aliphatic hydroxyl groups is 5. The molecule has 1 saturated heterocycles. The Morgan fingerprint density at radius 2 is 1.60 bits per heavy atom. The highest BCUT2D eigenvalue weighted by Crippen LogP contribution is 2.27. The maximum Gasteiger partial charge on any atom is 0.115 e. The van der Waals surface area contributed by atoms with Gasteiger partial charge >= 0.3 is 0 Å². The Labute approximate surface area is 87.7 Å². The topological polar surface area (TPSA) is 110 Å². The molecule has 3 unspecified atom stereocenters. The average molecular weight is 222 g/mol. The van der Waals surface area contributed by atoms with Gasteiger partial charge in [0.05, 0.1) is 12.2 Å². The van der Waals surface area contributed by atoms with Crippen LogP contribution < -0.4 is 0 Å². The van der Waals surface area contributed by atoms with Gasteiger partial charge in [0.25, 0.3) is 0 Å². The van der Waals surface area contributed by atoms with Gasteiger partial charge < -0.3 is 30.3 Å². The highest BCUT2D eigenvalue weighted by Gasteiger charge is 2.48. The van der Waals surface area contributed by atoms with E-state index in [0.717, 1.165) is 0 Å². The van der Waals surface area contributed by atoms with E-state index in [4.69, 9.17) is 9.84 Å². The van der Waals surface area contributed by atoms with Gasteiger partial charge in [-0.25, -0.2) is 0 Å². The second-order valence-electron chi connectivity index (χ2n) is 4.40. The van der Waals surface area contributed by atoms with E-state index in [2.05, 4.69) is 0 Å². The zero-order valence-electron chi connectivity index (χ0n) is 8.74. The lowest BCUT2D eigenvalue weighted by Gasteiger charge is -2.44. The van der Waals surface area contributed by atoms with Gasteiger partial charge in [0, 0.05) is 0 Å². The van der Waals surface area contributed by atoms with E-state index in [-0.39, 0.29) is 0 Å². The molecule has 0 amide bonds. The van der Waals surface area contributed by atoms with Crippen LogP contribution in [0.3, 0.4) is 0 Å². The number of hydrogen-bond acceptors (Lipinski definition) is 6. The van der Waals surface area contributed by atoms with Gasteiger partial charge in [-0.1, -0.05) is 0 Å².